The third-order valence-corrected chi connectivity index (χ3v) is 2.26. The molecule has 82 valence electrons. The van der Waals surface area contributed by atoms with Crippen LogP contribution in [0.15, 0.2) is 36.4 Å². The van der Waals surface area contributed by atoms with Gasteiger partial charge in [-0.25, -0.2) is 0 Å². The van der Waals surface area contributed by atoms with Crippen molar-refractivity contribution in [3.8, 4) is 0 Å². The lowest BCUT2D eigenvalue weighted by Crippen LogP contribution is -2.14. The molecule has 2 N–H and O–H groups in total. The van der Waals surface area contributed by atoms with Crippen LogP contribution in [0, 0.1) is 0 Å². The molecule has 0 unspecified atom stereocenters. The first kappa shape index (κ1) is 12.0. The van der Waals surface area contributed by atoms with Crippen molar-refractivity contribution in [3.63, 3.8) is 0 Å². The number of aliphatic hydroxyl groups is 1. The summed E-state index contributed by atoms with van der Waals surface area (Å²) in [5, 5.41) is 12.2. The number of nitrogens with one attached hydrogen (secondary N) is 1. The highest BCUT2D eigenvalue weighted by Gasteiger charge is 1.93. The van der Waals surface area contributed by atoms with Gasteiger partial charge in [-0.3, -0.25) is 0 Å². The molecule has 0 amide bonds. The summed E-state index contributed by atoms with van der Waals surface area (Å²) in [7, 11) is 0. The zero-order valence-electron chi connectivity index (χ0n) is 9.29. The maximum absolute atomic E-state index is 8.88. The molecule has 0 bridgehead atoms. The second kappa shape index (κ2) is 6.38. The molecule has 15 heavy (non-hydrogen) atoms. The lowest BCUT2D eigenvalue weighted by atomic mass is 10.1. The van der Waals surface area contributed by atoms with Crippen molar-refractivity contribution in [3.05, 3.63) is 47.5 Å². The molecule has 0 radical (unpaired) electrons. The number of hydrogen-bond acceptors (Lipinski definition) is 2. The minimum absolute atomic E-state index is 0.114. The first-order valence-corrected chi connectivity index (χ1v) is 5.26. The molecule has 0 fully saturated rings. The zero-order chi connectivity index (χ0) is 11.1. The van der Waals surface area contributed by atoms with Crippen LogP contribution in [0.3, 0.4) is 0 Å². The molecule has 0 saturated heterocycles. The molecule has 0 aliphatic carbocycles. The maximum Gasteiger partial charge on any atom is 0.0681 e. The Morgan fingerprint density at radius 2 is 1.87 bits per heavy atom. The van der Waals surface area contributed by atoms with E-state index in [1.165, 1.54) is 11.1 Å². The average molecular weight is 205 g/mol. The molecule has 1 aromatic carbocycles. The summed E-state index contributed by atoms with van der Waals surface area (Å²) < 4.78 is 0. The minimum atomic E-state index is 0.114. The van der Waals surface area contributed by atoms with Gasteiger partial charge in [0.2, 0.25) is 0 Å². The van der Waals surface area contributed by atoms with Gasteiger partial charge in [0.1, 0.15) is 0 Å². The number of benzene rings is 1. The molecule has 0 atom stereocenters. The van der Waals surface area contributed by atoms with Gasteiger partial charge in [0.15, 0.2) is 0 Å². The summed E-state index contributed by atoms with van der Waals surface area (Å²) >= 11 is 0. The molecule has 0 saturated carbocycles. The Morgan fingerprint density at radius 1 is 1.27 bits per heavy atom. The summed E-state index contributed by atoms with van der Waals surface area (Å²) in [5.74, 6) is 0. The van der Waals surface area contributed by atoms with Gasteiger partial charge >= 0.3 is 0 Å². The van der Waals surface area contributed by atoms with Crippen LogP contribution in [0.25, 0.3) is 0 Å². The van der Waals surface area contributed by atoms with E-state index in [4.69, 9.17) is 5.11 Å². The predicted octanol–water partition coefficient (Wildman–Crippen LogP) is 2.23. The number of hydrogen-bond donors (Lipinski definition) is 2. The third kappa shape index (κ3) is 4.77. The van der Waals surface area contributed by atoms with E-state index in [2.05, 4.69) is 11.9 Å². The Morgan fingerprint density at radius 3 is 2.40 bits per heavy atom. The van der Waals surface area contributed by atoms with Crippen molar-refractivity contribution in [2.75, 3.05) is 6.54 Å². The van der Waals surface area contributed by atoms with Crippen molar-refractivity contribution in [2.24, 2.45) is 0 Å². The van der Waals surface area contributed by atoms with Crippen LogP contribution >= 0.6 is 0 Å². The molecule has 0 aromatic heterocycles. The number of rotatable bonds is 6. The Labute approximate surface area is 91.6 Å². The normalized spacial score (nSPS) is 10.3. The van der Waals surface area contributed by atoms with E-state index >= 15 is 0 Å². The van der Waals surface area contributed by atoms with Gasteiger partial charge in [-0.05, 0) is 31.0 Å². The topological polar surface area (TPSA) is 32.3 Å². The predicted molar refractivity (Wildman–Crippen MR) is 63.5 cm³/mol. The second-order valence-electron chi connectivity index (χ2n) is 3.86. The van der Waals surface area contributed by atoms with E-state index in [0.717, 1.165) is 25.1 Å². The Balaban J connectivity index is 2.28. The van der Waals surface area contributed by atoms with E-state index in [1.54, 1.807) is 0 Å². The summed E-state index contributed by atoms with van der Waals surface area (Å²) in [4.78, 5) is 0. The third-order valence-electron chi connectivity index (χ3n) is 2.26. The molecule has 2 heteroatoms. The summed E-state index contributed by atoms with van der Waals surface area (Å²) in [6, 6.07) is 7.99. The SMILES string of the molecule is C=C(C)CCNCc1ccc(CO)cc1. The average Bonchev–Trinajstić information content (AvgIpc) is 2.25. The maximum atomic E-state index is 8.88. The van der Waals surface area contributed by atoms with E-state index in [9.17, 15) is 0 Å². The summed E-state index contributed by atoms with van der Waals surface area (Å²) in [6.07, 6.45) is 1.02. The fourth-order valence-electron chi connectivity index (χ4n) is 1.30. The summed E-state index contributed by atoms with van der Waals surface area (Å²) in [6.45, 7) is 7.85. The Hall–Kier alpha value is -1.12. The summed E-state index contributed by atoms with van der Waals surface area (Å²) in [5.41, 5.74) is 3.41. The molecule has 0 spiro atoms. The quantitative estimate of drug-likeness (QED) is 0.551. The minimum Gasteiger partial charge on any atom is -0.392 e. The molecule has 0 aliphatic heterocycles. The second-order valence-corrected chi connectivity index (χ2v) is 3.86. The van der Waals surface area contributed by atoms with E-state index < -0.39 is 0 Å². The van der Waals surface area contributed by atoms with Gasteiger partial charge in [-0.1, -0.05) is 29.8 Å². The molecule has 0 heterocycles. The monoisotopic (exact) mass is 205 g/mol. The molecular weight excluding hydrogens is 186 g/mol. The van der Waals surface area contributed by atoms with Gasteiger partial charge in [0.05, 0.1) is 6.61 Å². The fourth-order valence-corrected chi connectivity index (χ4v) is 1.30. The van der Waals surface area contributed by atoms with Gasteiger partial charge in [-0.15, -0.1) is 6.58 Å². The first-order valence-electron chi connectivity index (χ1n) is 5.26. The van der Waals surface area contributed by atoms with Crippen molar-refractivity contribution in [2.45, 2.75) is 26.5 Å². The highest BCUT2D eigenvalue weighted by molar-refractivity contribution is 5.21. The Kier molecular flexibility index (Phi) is 5.08. The Bertz CT molecular complexity index is 303. The van der Waals surface area contributed by atoms with Crippen LogP contribution in [0.2, 0.25) is 0 Å². The molecule has 2 nitrogen and oxygen atoms in total. The van der Waals surface area contributed by atoms with Crippen molar-refractivity contribution < 1.29 is 5.11 Å². The van der Waals surface area contributed by atoms with Gasteiger partial charge in [0.25, 0.3) is 0 Å². The van der Waals surface area contributed by atoms with Crippen LogP contribution in [0.4, 0.5) is 0 Å². The van der Waals surface area contributed by atoms with Crippen LogP contribution in [0.1, 0.15) is 24.5 Å². The standard InChI is InChI=1S/C13H19NO/c1-11(2)7-8-14-9-12-3-5-13(10-15)6-4-12/h3-6,14-15H,1,7-10H2,2H3. The van der Waals surface area contributed by atoms with Crippen LogP contribution < -0.4 is 5.32 Å². The zero-order valence-corrected chi connectivity index (χ0v) is 9.29. The molecule has 1 rings (SSSR count). The highest BCUT2D eigenvalue weighted by atomic mass is 16.3. The van der Waals surface area contributed by atoms with Gasteiger partial charge < -0.3 is 10.4 Å². The van der Waals surface area contributed by atoms with Crippen LogP contribution in [-0.2, 0) is 13.2 Å². The fraction of sp³-hybridized carbons (Fsp3) is 0.385. The smallest absolute Gasteiger partial charge is 0.0681 e. The largest absolute Gasteiger partial charge is 0.392 e. The van der Waals surface area contributed by atoms with Crippen molar-refractivity contribution >= 4 is 0 Å². The van der Waals surface area contributed by atoms with E-state index in [1.807, 2.05) is 31.2 Å². The van der Waals surface area contributed by atoms with Gasteiger partial charge in [-0.2, -0.15) is 0 Å². The van der Waals surface area contributed by atoms with Crippen LogP contribution in [-0.4, -0.2) is 11.7 Å². The first-order chi connectivity index (χ1) is 7.22. The lowest BCUT2D eigenvalue weighted by Gasteiger charge is -2.05. The van der Waals surface area contributed by atoms with E-state index in [-0.39, 0.29) is 6.61 Å². The lowest BCUT2D eigenvalue weighted by molar-refractivity contribution is 0.282. The molecule has 1 aromatic rings. The van der Waals surface area contributed by atoms with Crippen molar-refractivity contribution in [1.82, 2.24) is 5.32 Å². The van der Waals surface area contributed by atoms with Gasteiger partial charge in [0, 0.05) is 6.54 Å². The van der Waals surface area contributed by atoms with E-state index in [0.29, 0.717) is 0 Å². The van der Waals surface area contributed by atoms with Crippen molar-refractivity contribution in [1.29, 1.82) is 0 Å². The highest BCUT2D eigenvalue weighted by Crippen LogP contribution is 2.04. The number of aliphatic hydroxyl groups excluding tert-OH is 1. The molecular formula is C13H19NO. The molecule has 0 aliphatic rings. The van der Waals surface area contributed by atoms with Crippen LogP contribution in [0.5, 0.6) is 0 Å².